The van der Waals surface area contributed by atoms with E-state index in [0.717, 1.165) is 0 Å². The summed E-state index contributed by atoms with van der Waals surface area (Å²) in [4.78, 5) is 14.8. The van der Waals surface area contributed by atoms with Gasteiger partial charge in [-0.05, 0) is 24.3 Å². The van der Waals surface area contributed by atoms with Crippen LogP contribution < -0.4 is 5.32 Å². The summed E-state index contributed by atoms with van der Waals surface area (Å²) in [6.45, 7) is 0. The topological polar surface area (TPSA) is 62.2 Å². The molecule has 2 aromatic rings. The van der Waals surface area contributed by atoms with Gasteiger partial charge in [0.1, 0.15) is 5.82 Å². The average molecular weight is 318 g/mol. The number of hydrogen-bond acceptors (Lipinski definition) is 3. The number of pyridine rings is 1. The lowest BCUT2D eigenvalue weighted by Crippen LogP contribution is -2.04. The van der Waals surface area contributed by atoms with E-state index in [1.54, 1.807) is 24.3 Å². The molecule has 0 atom stereocenters. The number of nitrogens with zero attached hydrogens (tertiary/aromatic N) is 1. The van der Waals surface area contributed by atoms with Crippen molar-refractivity contribution in [3.8, 4) is 0 Å². The molecule has 0 saturated carbocycles. The van der Waals surface area contributed by atoms with E-state index in [1.165, 1.54) is 6.07 Å². The van der Waals surface area contributed by atoms with Crippen molar-refractivity contribution < 1.29 is 9.90 Å². The number of aromatic carboxylic acids is 1. The van der Waals surface area contributed by atoms with Crippen molar-refractivity contribution in [1.82, 2.24) is 4.98 Å². The molecule has 0 aliphatic heterocycles. The van der Waals surface area contributed by atoms with Gasteiger partial charge in [-0.1, -0.05) is 40.9 Å². The first-order chi connectivity index (χ1) is 8.99. The molecule has 2 rings (SSSR count). The van der Waals surface area contributed by atoms with Crippen LogP contribution in [0.4, 0.5) is 11.5 Å². The summed E-state index contributed by atoms with van der Waals surface area (Å²) in [5.41, 5.74) is 0.296. The summed E-state index contributed by atoms with van der Waals surface area (Å²) in [5, 5.41) is 12.6. The second-order valence-corrected chi connectivity index (χ2v) is 4.75. The lowest BCUT2D eigenvalue weighted by molar-refractivity contribution is 0.0691. The second-order valence-electron chi connectivity index (χ2n) is 3.56. The Morgan fingerprint density at radius 3 is 2.53 bits per heavy atom. The number of carbonyl (C=O) groups is 1. The molecule has 0 fully saturated rings. The minimum Gasteiger partial charge on any atom is -0.476 e. The summed E-state index contributed by atoms with van der Waals surface area (Å²) in [7, 11) is 0. The molecule has 98 valence electrons. The maximum Gasteiger partial charge on any atom is 0.356 e. The van der Waals surface area contributed by atoms with Crippen LogP contribution in [0.2, 0.25) is 15.1 Å². The third-order valence-electron chi connectivity index (χ3n) is 2.26. The van der Waals surface area contributed by atoms with E-state index in [4.69, 9.17) is 39.9 Å². The fourth-order valence-corrected chi connectivity index (χ4v) is 1.93. The van der Waals surface area contributed by atoms with Crippen LogP contribution in [0.25, 0.3) is 0 Å². The van der Waals surface area contributed by atoms with Crippen LogP contribution in [0, 0.1) is 0 Å². The van der Waals surface area contributed by atoms with Crippen molar-refractivity contribution in [3.05, 3.63) is 51.1 Å². The van der Waals surface area contributed by atoms with E-state index < -0.39 is 5.97 Å². The van der Waals surface area contributed by atoms with Gasteiger partial charge in [-0.15, -0.1) is 0 Å². The Bertz CT molecular complexity index is 647. The van der Waals surface area contributed by atoms with Crippen LogP contribution in [0.3, 0.4) is 0 Å². The molecule has 0 aliphatic rings. The Kier molecular flexibility index (Phi) is 4.14. The largest absolute Gasteiger partial charge is 0.476 e. The van der Waals surface area contributed by atoms with E-state index >= 15 is 0 Å². The highest BCUT2D eigenvalue weighted by atomic mass is 35.5. The van der Waals surface area contributed by atoms with Crippen molar-refractivity contribution in [2.75, 3.05) is 5.32 Å². The molecule has 0 aliphatic carbocycles. The molecule has 0 spiro atoms. The Morgan fingerprint density at radius 1 is 1.11 bits per heavy atom. The highest BCUT2D eigenvalue weighted by molar-refractivity contribution is 6.43. The summed E-state index contributed by atoms with van der Waals surface area (Å²) in [6.07, 6.45) is 0. The third kappa shape index (κ3) is 3.10. The number of aromatic nitrogens is 1. The number of carboxylic acid groups (broad SMARTS) is 1. The Balaban J connectivity index is 2.36. The zero-order chi connectivity index (χ0) is 14.0. The smallest absolute Gasteiger partial charge is 0.356 e. The fourth-order valence-electron chi connectivity index (χ4n) is 1.40. The number of carboxylic acids is 1. The molecule has 0 unspecified atom stereocenters. The van der Waals surface area contributed by atoms with Gasteiger partial charge in [0.2, 0.25) is 0 Å². The summed E-state index contributed by atoms with van der Waals surface area (Å²) in [6, 6.07) is 8.05. The van der Waals surface area contributed by atoms with Gasteiger partial charge in [0.15, 0.2) is 5.69 Å². The number of nitrogens with one attached hydrogen (secondary N) is 1. The number of halogens is 3. The molecule has 2 N–H and O–H groups in total. The van der Waals surface area contributed by atoms with Crippen molar-refractivity contribution in [3.63, 3.8) is 0 Å². The van der Waals surface area contributed by atoms with Gasteiger partial charge < -0.3 is 10.4 Å². The Labute approximate surface area is 123 Å². The Hall–Kier alpha value is -1.49. The van der Waals surface area contributed by atoms with Crippen molar-refractivity contribution in [2.45, 2.75) is 0 Å². The predicted molar refractivity (Wildman–Crippen MR) is 76.0 cm³/mol. The molecular weight excluding hydrogens is 311 g/mol. The Morgan fingerprint density at radius 2 is 1.84 bits per heavy atom. The van der Waals surface area contributed by atoms with Crippen molar-refractivity contribution in [2.24, 2.45) is 0 Å². The van der Waals surface area contributed by atoms with E-state index in [2.05, 4.69) is 10.3 Å². The van der Waals surface area contributed by atoms with Gasteiger partial charge in [-0.3, -0.25) is 0 Å². The van der Waals surface area contributed by atoms with Crippen LogP contribution >= 0.6 is 34.8 Å². The van der Waals surface area contributed by atoms with Crippen molar-refractivity contribution >= 4 is 52.3 Å². The van der Waals surface area contributed by atoms with Crippen molar-refractivity contribution in [1.29, 1.82) is 0 Å². The minimum absolute atomic E-state index is 0.0650. The number of anilines is 2. The van der Waals surface area contributed by atoms with E-state index in [0.29, 0.717) is 21.6 Å². The molecule has 1 aromatic heterocycles. The van der Waals surface area contributed by atoms with Crippen LogP contribution in [-0.4, -0.2) is 16.1 Å². The lowest BCUT2D eigenvalue weighted by Gasteiger charge is -2.09. The first kappa shape index (κ1) is 13.9. The molecule has 19 heavy (non-hydrogen) atoms. The molecule has 1 aromatic carbocycles. The van der Waals surface area contributed by atoms with Gasteiger partial charge >= 0.3 is 5.97 Å². The lowest BCUT2D eigenvalue weighted by atomic mass is 10.3. The van der Waals surface area contributed by atoms with Crippen LogP contribution in [0.5, 0.6) is 0 Å². The third-order valence-corrected chi connectivity index (χ3v) is 3.39. The quantitative estimate of drug-likeness (QED) is 0.876. The molecule has 4 nitrogen and oxygen atoms in total. The van der Waals surface area contributed by atoms with E-state index in [9.17, 15) is 4.79 Å². The summed E-state index contributed by atoms with van der Waals surface area (Å²) in [5.74, 6) is -0.892. The number of rotatable bonds is 3. The molecule has 0 amide bonds. The van der Waals surface area contributed by atoms with Crippen LogP contribution in [-0.2, 0) is 0 Å². The van der Waals surface area contributed by atoms with Gasteiger partial charge in [-0.25, -0.2) is 9.78 Å². The molecular formula is C12H7Cl3N2O2. The maximum absolute atomic E-state index is 10.9. The standard InChI is InChI=1S/C12H7Cl3N2O2/c13-6-2-1-3-8(10(6)15)16-9-5-4-7(14)11(17-9)12(18)19/h1-5H,(H,16,17)(H,18,19). The van der Waals surface area contributed by atoms with Crippen LogP contribution in [0.15, 0.2) is 30.3 Å². The predicted octanol–water partition coefficient (Wildman–Crippen LogP) is 4.48. The first-order valence-corrected chi connectivity index (χ1v) is 6.23. The van der Waals surface area contributed by atoms with E-state index in [1.807, 2.05) is 0 Å². The van der Waals surface area contributed by atoms with Gasteiger partial charge in [-0.2, -0.15) is 0 Å². The molecule has 0 radical (unpaired) electrons. The minimum atomic E-state index is -1.20. The zero-order valence-corrected chi connectivity index (χ0v) is 11.6. The zero-order valence-electron chi connectivity index (χ0n) is 9.32. The van der Waals surface area contributed by atoms with Crippen LogP contribution in [0.1, 0.15) is 10.5 Å². The highest BCUT2D eigenvalue weighted by Crippen LogP contribution is 2.31. The summed E-state index contributed by atoms with van der Waals surface area (Å²) < 4.78 is 0. The molecule has 1 heterocycles. The molecule has 0 bridgehead atoms. The molecule has 0 saturated heterocycles. The van der Waals surface area contributed by atoms with Gasteiger partial charge in [0.25, 0.3) is 0 Å². The maximum atomic E-state index is 10.9. The summed E-state index contributed by atoms with van der Waals surface area (Å²) >= 11 is 17.6. The average Bonchev–Trinajstić information content (AvgIpc) is 2.37. The highest BCUT2D eigenvalue weighted by Gasteiger charge is 2.12. The molecule has 7 heteroatoms. The second kappa shape index (κ2) is 5.65. The first-order valence-electron chi connectivity index (χ1n) is 5.10. The fraction of sp³-hybridized carbons (Fsp3) is 0. The monoisotopic (exact) mass is 316 g/mol. The van der Waals surface area contributed by atoms with E-state index in [-0.39, 0.29) is 10.7 Å². The SMILES string of the molecule is O=C(O)c1nc(Nc2cccc(Cl)c2Cl)ccc1Cl. The van der Waals surface area contributed by atoms with Gasteiger partial charge in [0, 0.05) is 0 Å². The normalized spacial score (nSPS) is 10.3. The number of benzene rings is 1. The van der Waals surface area contributed by atoms with Gasteiger partial charge in [0.05, 0.1) is 20.8 Å². The number of hydrogen-bond donors (Lipinski definition) is 2.